The molecule has 2 aliphatic heterocycles. The summed E-state index contributed by atoms with van der Waals surface area (Å²) >= 11 is 0. The molecule has 2 N–H and O–H groups in total. The van der Waals surface area contributed by atoms with Crippen molar-refractivity contribution in [2.75, 3.05) is 32.8 Å². The van der Waals surface area contributed by atoms with E-state index in [-0.39, 0.29) is 12.5 Å². The van der Waals surface area contributed by atoms with Gasteiger partial charge in [-0.2, -0.15) is 12.7 Å². The summed E-state index contributed by atoms with van der Waals surface area (Å²) in [6.07, 6.45) is 4.78. The van der Waals surface area contributed by atoms with Crippen LogP contribution < -0.4 is 4.83 Å². The lowest BCUT2D eigenvalue weighted by molar-refractivity contribution is 0.160. The van der Waals surface area contributed by atoms with Gasteiger partial charge in [0.25, 0.3) is 10.2 Å². The summed E-state index contributed by atoms with van der Waals surface area (Å²) < 4.78 is 25.8. The molecule has 0 aromatic rings. The molecule has 0 bridgehead atoms. The third-order valence-electron chi connectivity index (χ3n) is 3.77. The van der Waals surface area contributed by atoms with Crippen LogP contribution in [0.4, 0.5) is 0 Å². The quantitative estimate of drug-likeness (QED) is 0.754. The highest BCUT2D eigenvalue weighted by Gasteiger charge is 2.29. The number of aliphatic hydroxyl groups excluding tert-OH is 1. The van der Waals surface area contributed by atoms with Crippen molar-refractivity contribution in [1.29, 1.82) is 0 Å². The molecule has 0 spiro atoms. The molecule has 2 fully saturated rings. The zero-order valence-corrected chi connectivity index (χ0v) is 11.5. The Labute approximate surface area is 109 Å². The van der Waals surface area contributed by atoms with Crippen LogP contribution in [0.15, 0.2) is 0 Å². The van der Waals surface area contributed by atoms with Gasteiger partial charge < -0.3 is 5.11 Å². The van der Waals surface area contributed by atoms with E-state index in [1.165, 1.54) is 10.7 Å². The molecular weight excluding hydrogens is 254 g/mol. The maximum atomic E-state index is 12.2. The number of piperidine rings is 2. The number of nitrogens with zero attached hydrogens (tertiary/aromatic N) is 2. The molecule has 6 nitrogen and oxygen atoms in total. The molecule has 0 unspecified atom stereocenters. The van der Waals surface area contributed by atoms with Crippen molar-refractivity contribution in [2.45, 2.75) is 32.1 Å². The molecule has 18 heavy (non-hydrogen) atoms. The first-order valence-corrected chi connectivity index (χ1v) is 8.19. The smallest absolute Gasteiger partial charge is 0.292 e. The molecule has 7 heteroatoms. The van der Waals surface area contributed by atoms with Gasteiger partial charge in [-0.15, -0.1) is 4.83 Å². The molecule has 2 heterocycles. The number of hydrogen-bond donors (Lipinski definition) is 2. The van der Waals surface area contributed by atoms with Gasteiger partial charge >= 0.3 is 0 Å². The molecular formula is C11H23N3O3S. The summed E-state index contributed by atoms with van der Waals surface area (Å²) in [6.45, 7) is 2.77. The van der Waals surface area contributed by atoms with E-state index in [4.69, 9.17) is 5.11 Å². The third-order valence-corrected chi connectivity index (χ3v) is 5.31. The molecule has 2 rings (SSSR count). The van der Waals surface area contributed by atoms with Gasteiger partial charge in [-0.05, 0) is 31.6 Å². The second-order valence-electron chi connectivity index (χ2n) is 5.17. The van der Waals surface area contributed by atoms with Crippen LogP contribution in [-0.4, -0.2) is 55.6 Å². The lowest BCUT2D eigenvalue weighted by Gasteiger charge is -2.33. The minimum atomic E-state index is -3.39. The first-order valence-electron chi connectivity index (χ1n) is 6.75. The van der Waals surface area contributed by atoms with Gasteiger partial charge in [-0.3, -0.25) is 0 Å². The topological polar surface area (TPSA) is 72.9 Å². The molecule has 0 aromatic carbocycles. The minimum Gasteiger partial charge on any atom is -0.396 e. The third kappa shape index (κ3) is 3.64. The van der Waals surface area contributed by atoms with Crippen molar-refractivity contribution in [2.24, 2.45) is 5.92 Å². The van der Waals surface area contributed by atoms with Gasteiger partial charge in [0.05, 0.1) is 0 Å². The highest BCUT2D eigenvalue weighted by atomic mass is 32.2. The van der Waals surface area contributed by atoms with E-state index in [0.29, 0.717) is 13.1 Å². The van der Waals surface area contributed by atoms with E-state index in [9.17, 15) is 8.42 Å². The number of nitrogens with one attached hydrogen (secondary N) is 1. The fourth-order valence-electron chi connectivity index (χ4n) is 2.54. The molecule has 0 saturated carbocycles. The highest BCUT2D eigenvalue weighted by molar-refractivity contribution is 7.87. The average molecular weight is 277 g/mol. The van der Waals surface area contributed by atoms with Gasteiger partial charge in [0.1, 0.15) is 0 Å². The largest absolute Gasteiger partial charge is 0.396 e. The monoisotopic (exact) mass is 277 g/mol. The van der Waals surface area contributed by atoms with Crippen LogP contribution in [0.5, 0.6) is 0 Å². The van der Waals surface area contributed by atoms with Gasteiger partial charge in [-0.1, -0.05) is 6.42 Å². The molecule has 2 aliphatic rings. The van der Waals surface area contributed by atoms with Gasteiger partial charge in [0.15, 0.2) is 0 Å². The van der Waals surface area contributed by atoms with Crippen molar-refractivity contribution in [3.05, 3.63) is 0 Å². The average Bonchev–Trinajstić information content (AvgIpc) is 2.39. The van der Waals surface area contributed by atoms with Crippen LogP contribution in [0.3, 0.4) is 0 Å². The minimum absolute atomic E-state index is 0.160. The second-order valence-corrected chi connectivity index (χ2v) is 6.82. The van der Waals surface area contributed by atoms with Crippen LogP contribution >= 0.6 is 0 Å². The van der Waals surface area contributed by atoms with Crippen LogP contribution in [0.25, 0.3) is 0 Å². The normalized spacial score (nSPS) is 25.4. The lowest BCUT2D eigenvalue weighted by Crippen LogP contribution is -2.52. The van der Waals surface area contributed by atoms with Crippen molar-refractivity contribution >= 4 is 10.2 Å². The van der Waals surface area contributed by atoms with Gasteiger partial charge in [0, 0.05) is 32.8 Å². The zero-order chi connectivity index (χ0) is 13.0. The summed E-state index contributed by atoms with van der Waals surface area (Å²) in [7, 11) is -3.39. The van der Waals surface area contributed by atoms with Gasteiger partial charge in [0.2, 0.25) is 0 Å². The molecule has 0 amide bonds. The molecule has 0 atom stereocenters. The predicted octanol–water partition coefficient (Wildman–Crippen LogP) is -0.0740. The molecule has 106 valence electrons. The van der Waals surface area contributed by atoms with Crippen molar-refractivity contribution in [1.82, 2.24) is 14.1 Å². The molecule has 0 aromatic heterocycles. The fraction of sp³-hybridized carbons (Fsp3) is 1.00. The van der Waals surface area contributed by atoms with Gasteiger partial charge in [-0.25, -0.2) is 5.01 Å². The SMILES string of the molecule is O=S(=O)(NN1CCCCC1)N1CCC(CO)CC1. The van der Waals surface area contributed by atoms with Crippen molar-refractivity contribution in [3.8, 4) is 0 Å². The van der Waals surface area contributed by atoms with E-state index in [2.05, 4.69) is 4.83 Å². The van der Waals surface area contributed by atoms with E-state index in [0.717, 1.165) is 38.8 Å². The maximum absolute atomic E-state index is 12.2. The first-order chi connectivity index (χ1) is 8.62. The number of aliphatic hydroxyl groups is 1. The Hall–Kier alpha value is -0.210. The Bertz CT molecular complexity index is 347. The lowest BCUT2D eigenvalue weighted by atomic mass is 10.00. The van der Waals surface area contributed by atoms with E-state index in [1.54, 1.807) is 5.01 Å². The Morgan fingerprint density at radius 1 is 1.06 bits per heavy atom. The molecule has 0 radical (unpaired) electrons. The van der Waals surface area contributed by atoms with Crippen LogP contribution in [-0.2, 0) is 10.2 Å². The number of hydrazine groups is 1. The molecule has 2 saturated heterocycles. The Morgan fingerprint density at radius 3 is 2.22 bits per heavy atom. The highest BCUT2D eigenvalue weighted by Crippen LogP contribution is 2.18. The Morgan fingerprint density at radius 2 is 1.67 bits per heavy atom. The van der Waals surface area contributed by atoms with E-state index in [1.807, 2.05) is 0 Å². The summed E-state index contributed by atoms with van der Waals surface area (Å²) in [4.78, 5) is 2.67. The zero-order valence-electron chi connectivity index (χ0n) is 10.7. The second kappa shape index (κ2) is 6.29. The predicted molar refractivity (Wildman–Crippen MR) is 68.9 cm³/mol. The summed E-state index contributed by atoms with van der Waals surface area (Å²) in [5.74, 6) is 0.256. The van der Waals surface area contributed by atoms with Crippen molar-refractivity contribution < 1.29 is 13.5 Å². The van der Waals surface area contributed by atoms with Crippen LogP contribution in [0.2, 0.25) is 0 Å². The Kier molecular flexibility index (Phi) is 4.97. The summed E-state index contributed by atoms with van der Waals surface area (Å²) in [5.41, 5.74) is 0. The summed E-state index contributed by atoms with van der Waals surface area (Å²) in [5, 5.41) is 10.9. The fourth-order valence-corrected chi connectivity index (χ4v) is 3.85. The van der Waals surface area contributed by atoms with Crippen LogP contribution in [0, 0.1) is 5.92 Å². The van der Waals surface area contributed by atoms with E-state index < -0.39 is 10.2 Å². The first kappa shape index (κ1) is 14.2. The number of rotatable bonds is 4. The van der Waals surface area contributed by atoms with Crippen LogP contribution in [0.1, 0.15) is 32.1 Å². The Balaban J connectivity index is 1.86. The molecule has 0 aliphatic carbocycles. The van der Waals surface area contributed by atoms with Crippen molar-refractivity contribution in [3.63, 3.8) is 0 Å². The maximum Gasteiger partial charge on any atom is 0.292 e. The summed E-state index contributed by atoms with van der Waals surface area (Å²) in [6, 6.07) is 0. The number of hydrogen-bond acceptors (Lipinski definition) is 4. The van der Waals surface area contributed by atoms with E-state index >= 15 is 0 Å². The standard InChI is InChI=1S/C11H23N3O3S/c15-10-11-4-8-14(9-5-11)18(16,17)12-13-6-2-1-3-7-13/h11-12,15H,1-10H2.